The van der Waals surface area contributed by atoms with E-state index in [9.17, 15) is 8.78 Å². The van der Waals surface area contributed by atoms with E-state index in [0.717, 1.165) is 41.5 Å². The van der Waals surface area contributed by atoms with E-state index in [1.54, 1.807) is 27.8 Å². The summed E-state index contributed by atoms with van der Waals surface area (Å²) in [6, 6.07) is 3.33. The molecular weight excluding hydrogens is 326 g/mol. The largest absolute Gasteiger partial charge is 0.325 e. The molecule has 3 aromatic heterocycles. The number of halogens is 2. The Morgan fingerprint density at radius 3 is 2.84 bits per heavy atom. The van der Waals surface area contributed by atoms with Gasteiger partial charge in [0.2, 0.25) is 0 Å². The summed E-state index contributed by atoms with van der Waals surface area (Å²) in [4.78, 5) is 12.9. The fourth-order valence-corrected chi connectivity index (χ4v) is 2.89. The quantitative estimate of drug-likeness (QED) is 0.573. The maximum Gasteiger partial charge on any atom is 0.162 e. The van der Waals surface area contributed by atoms with Crippen LogP contribution in [0.1, 0.15) is 18.2 Å². The van der Waals surface area contributed by atoms with Crippen molar-refractivity contribution in [1.29, 1.82) is 0 Å². The van der Waals surface area contributed by atoms with Crippen LogP contribution in [0.25, 0.3) is 17.0 Å². The van der Waals surface area contributed by atoms with E-state index >= 15 is 0 Å². The normalized spacial score (nSPS) is 11.3. The molecule has 0 radical (unpaired) electrons. The Kier molecular flexibility index (Phi) is 3.72. The number of imidazole rings is 1. The SMILES string of the molecule is CCc1c(Cn2ccnc2-c2cc(F)ccc2F)ncn2ncnc12. The van der Waals surface area contributed by atoms with Crippen molar-refractivity contribution < 1.29 is 8.78 Å². The van der Waals surface area contributed by atoms with Gasteiger partial charge in [-0.25, -0.2) is 28.2 Å². The second kappa shape index (κ2) is 6.04. The van der Waals surface area contributed by atoms with Crippen LogP contribution < -0.4 is 0 Å². The van der Waals surface area contributed by atoms with E-state index in [4.69, 9.17) is 0 Å². The molecular formula is C17H14F2N6. The van der Waals surface area contributed by atoms with Gasteiger partial charge in [0, 0.05) is 18.0 Å². The number of hydrogen-bond donors (Lipinski definition) is 0. The van der Waals surface area contributed by atoms with Gasteiger partial charge >= 0.3 is 0 Å². The van der Waals surface area contributed by atoms with Crippen LogP contribution in [-0.2, 0) is 13.0 Å². The van der Waals surface area contributed by atoms with Gasteiger partial charge in [0.05, 0.1) is 17.8 Å². The molecule has 0 unspecified atom stereocenters. The predicted molar refractivity (Wildman–Crippen MR) is 86.8 cm³/mol. The lowest BCUT2D eigenvalue weighted by molar-refractivity contribution is 0.600. The standard InChI is InChI=1S/C17H14F2N6/c1-2-12-15(22-10-25-17(12)21-9-23-25)8-24-6-5-20-16(24)13-7-11(18)3-4-14(13)19/h3-7,9-10H,2,8H2,1H3. The molecule has 0 aliphatic rings. The third-order valence-corrected chi connectivity index (χ3v) is 4.07. The molecule has 0 aliphatic heterocycles. The van der Waals surface area contributed by atoms with Gasteiger partial charge in [-0.05, 0) is 24.6 Å². The Bertz CT molecular complexity index is 1050. The molecule has 0 aliphatic carbocycles. The number of hydrogen-bond acceptors (Lipinski definition) is 4. The van der Waals surface area contributed by atoms with Gasteiger partial charge in [-0.2, -0.15) is 5.10 Å². The van der Waals surface area contributed by atoms with Gasteiger partial charge in [-0.15, -0.1) is 0 Å². The fraction of sp³-hybridized carbons (Fsp3) is 0.176. The van der Waals surface area contributed by atoms with Crippen LogP contribution in [0.15, 0.2) is 43.2 Å². The molecule has 0 saturated heterocycles. The lowest BCUT2D eigenvalue weighted by atomic mass is 10.1. The minimum Gasteiger partial charge on any atom is -0.325 e. The molecule has 3 heterocycles. The highest BCUT2D eigenvalue weighted by molar-refractivity contribution is 5.57. The molecule has 126 valence electrons. The topological polar surface area (TPSA) is 60.9 Å². The number of aryl methyl sites for hydroxylation is 1. The zero-order valence-corrected chi connectivity index (χ0v) is 13.4. The first-order valence-electron chi connectivity index (χ1n) is 7.80. The number of rotatable bonds is 4. The van der Waals surface area contributed by atoms with Crippen LogP contribution in [0.5, 0.6) is 0 Å². The summed E-state index contributed by atoms with van der Waals surface area (Å²) >= 11 is 0. The second-order valence-corrected chi connectivity index (χ2v) is 5.55. The number of fused-ring (bicyclic) bond motifs is 1. The summed E-state index contributed by atoms with van der Waals surface area (Å²) in [7, 11) is 0. The number of aromatic nitrogens is 6. The van der Waals surface area contributed by atoms with Crippen molar-refractivity contribution >= 4 is 5.65 Å². The highest BCUT2D eigenvalue weighted by Gasteiger charge is 2.15. The molecule has 4 aromatic rings. The minimum absolute atomic E-state index is 0.117. The fourth-order valence-electron chi connectivity index (χ4n) is 2.89. The second-order valence-electron chi connectivity index (χ2n) is 5.55. The van der Waals surface area contributed by atoms with E-state index in [0.29, 0.717) is 12.4 Å². The summed E-state index contributed by atoms with van der Waals surface area (Å²) in [5, 5.41) is 4.08. The lowest BCUT2D eigenvalue weighted by Crippen LogP contribution is -2.09. The summed E-state index contributed by atoms with van der Waals surface area (Å²) in [5.74, 6) is -0.684. The van der Waals surface area contributed by atoms with Gasteiger partial charge < -0.3 is 4.57 Å². The lowest BCUT2D eigenvalue weighted by Gasteiger charge is -2.11. The van der Waals surface area contributed by atoms with Crippen molar-refractivity contribution in [3.8, 4) is 11.4 Å². The van der Waals surface area contributed by atoms with E-state index in [1.165, 1.54) is 6.33 Å². The van der Waals surface area contributed by atoms with Gasteiger partial charge in [-0.1, -0.05) is 6.92 Å². The average molecular weight is 340 g/mol. The molecule has 25 heavy (non-hydrogen) atoms. The summed E-state index contributed by atoms with van der Waals surface area (Å²) in [6.45, 7) is 2.38. The molecule has 0 fully saturated rings. The van der Waals surface area contributed by atoms with Crippen LogP contribution in [-0.4, -0.2) is 29.1 Å². The van der Waals surface area contributed by atoms with Crippen molar-refractivity contribution in [2.24, 2.45) is 0 Å². The molecule has 0 bridgehead atoms. The van der Waals surface area contributed by atoms with Crippen molar-refractivity contribution in [3.05, 3.63) is 66.1 Å². The molecule has 0 atom stereocenters. The maximum absolute atomic E-state index is 14.1. The molecule has 0 saturated carbocycles. The number of nitrogens with zero attached hydrogens (tertiary/aromatic N) is 6. The van der Waals surface area contributed by atoms with Gasteiger partial charge in [0.1, 0.15) is 30.1 Å². The molecule has 1 aromatic carbocycles. The maximum atomic E-state index is 14.1. The molecule has 0 N–H and O–H groups in total. The summed E-state index contributed by atoms with van der Waals surface area (Å²) in [6.07, 6.45) is 7.07. The van der Waals surface area contributed by atoms with Crippen molar-refractivity contribution in [2.45, 2.75) is 19.9 Å². The van der Waals surface area contributed by atoms with E-state index in [-0.39, 0.29) is 5.56 Å². The average Bonchev–Trinajstić information content (AvgIpc) is 3.26. The monoisotopic (exact) mass is 340 g/mol. The summed E-state index contributed by atoms with van der Waals surface area (Å²) in [5.41, 5.74) is 2.61. The Labute approximate surface area is 141 Å². The highest BCUT2D eigenvalue weighted by atomic mass is 19.1. The van der Waals surface area contributed by atoms with E-state index in [2.05, 4.69) is 20.1 Å². The van der Waals surface area contributed by atoms with E-state index in [1.807, 2.05) is 6.92 Å². The van der Waals surface area contributed by atoms with Crippen LogP contribution in [0, 0.1) is 11.6 Å². The molecule has 6 nitrogen and oxygen atoms in total. The van der Waals surface area contributed by atoms with E-state index < -0.39 is 11.6 Å². The Morgan fingerprint density at radius 1 is 1.12 bits per heavy atom. The Balaban J connectivity index is 1.78. The van der Waals surface area contributed by atoms with Crippen molar-refractivity contribution in [1.82, 2.24) is 29.1 Å². The molecule has 4 rings (SSSR count). The first-order chi connectivity index (χ1) is 12.2. The highest BCUT2D eigenvalue weighted by Crippen LogP contribution is 2.24. The van der Waals surface area contributed by atoms with Crippen LogP contribution in [0.2, 0.25) is 0 Å². The zero-order valence-electron chi connectivity index (χ0n) is 13.4. The number of benzene rings is 1. The molecule has 0 spiro atoms. The Morgan fingerprint density at radius 2 is 2.00 bits per heavy atom. The van der Waals surface area contributed by atoms with Gasteiger partial charge in [0.25, 0.3) is 0 Å². The van der Waals surface area contributed by atoms with Crippen LogP contribution in [0.3, 0.4) is 0 Å². The zero-order chi connectivity index (χ0) is 17.4. The summed E-state index contributed by atoms with van der Waals surface area (Å²) < 4.78 is 31.0. The van der Waals surface area contributed by atoms with Gasteiger partial charge in [-0.3, -0.25) is 0 Å². The first kappa shape index (κ1) is 15.4. The van der Waals surface area contributed by atoms with Crippen molar-refractivity contribution in [3.63, 3.8) is 0 Å². The van der Waals surface area contributed by atoms with Crippen LogP contribution in [0.4, 0.5) is 8.78 Å². The third kappa shape index (κ3) is 2.65. The Hall–Kier alpha value is -3.16. The molecule has 0 amide bonds. The van der Waals surface area contributed by atoms with Crippen molar-refractivity contribution in [2.75, 3.05) is 0 Å². The smallest absolute Gasteiger partial charge is 0.162 e. The minimum atomic E-state index is -0.523. The predicted octanol–water partition coefficient (Wildman–Crippen LogP) is 2.88. The third-order valence-electron chi connectivity index (χ3n) is 4.07. The van der Waals surface area contributed by atoms with Crippen LogP contribution >= 0.6 is 0 Å². The first-order valence-corrected chi connectivity index (χ1v) is 7.80. The molecule has 8 heteroatoms. The van der Waals surface area contributed by atoms with Gasteiger partial charge in [0.15, 0.2) is 5.65 Å².